The van der Waals surface area contributed by atoms with Gasteiger partial charge in [-0.2, -0.15) is 13.2 Å². The van der Waals surface area contributed by atoms with Crippen molar-refractivity contribution in [2.24, 2.45) is 0 Å². The molecule has 98 valence electrons. The maximum absolute atomic E-state index is 12.7. The summed E-state index contributed by atoms with van der Waals surface area (Å²) in [6.07, 6.45) is -2.77. The second kappa shape index (κ2) is 4.72. The molecule has 0 saturated carbocycles. The summed E-state index contributed by atoms with van der Waals surface area (Å²) < 4.78 is 43.1. The maximum atomic E-state index is 12.7. The molecule has 0 aromatic heterocycles. The van der Waals surface area contributed by atoms with Crippen LogP contribution in [0.25, 0.3) is 0 Å². The lowest BCUT2D eigenvalue weighted by atomic mass is 9.75. The van der Waals surface area contributed by atoms with E-state index < -0.39 is 17.2 Å². The lowest BCUT2D eigenvalue weighted by Crippen LogP contribution is -2.35. The predicted molar refractivity (Wildman–Crippen MR) is 59.2 cm³/mol. The lowest BCUT2D eigenvalue weighted by Gasteiger charge is -2.32. The molecule has 1 aromatic carbocycles. The van der Waals surface area contributed by atoms with Crippen LogP contribution in [0.3, 0.4) is 0 Å². The van der Waals surface area contributed by atoms with Gasteiger partial charge in [-0.25, -0.2) is 0 Å². The normalized spacial score (nSPS) is 19.5. The molecule has 0 spiro atoms. The van der Waals surface area contributed by atoms with Gasteiger partial charge >= 0.3 is 6.18 Å². The number of rotatable bonds is 2. The van der Waals surface area contributed by atoms with E-state index in [0.29, 0.717) is 31.6 Å². The lowest BCUT2D eigenvalue weighted by molar-refractivity contribution is -0.137. The minimum absolute atomic E-state index is 0.398. The highest BCUT2D eigenvalue weighted by atomic mass is 19.4. The van der Waals surface area contributed by atoms with E-state index in [1.165, 1.54) is 6.07 Å². The van der Waals surface area contributed by atoms with Crippen molar-refractivity contribution in [2.75, 3.05) is 13.2 Å². The highest BCUT2D eigenvalue weighted by molar-refractivity contribution is 5.69. The molecule has 1 aliphatic heterocycles. The first-order valence-corrected chi connectivity index (χ1v) is 5.70. The van der Waals surface area contributed by atoms with Gasteiger partial charge < -0.3 is 9.53 Å². The summed E-state index contributed by atoms with van der Waals surface area (Å²) in [4.78, 5) is 11.3. The number of aldehydes is 1. The molecule has 18 heavy (non-hydrogen) atoms. The van der Waals surface area contributed by atoms with Gasteiger partial charge in [0.25, 0.3) is 0 Å². The third-order valence-electron chi connectivity index (χ3n) is 3.38. The minimum Gasteiger partial charge on any atom is -0.381 e. The van der Waals surface area contributed by atoms with Gasteiger partial charge in [-0.3, -0.25) is 0 Å². The van der Waals surface area contributed by atoms with Gasteiger partial charge in [-0.1, -0.05) is 18.2 Å². The van der Waals surface area contributed by atoms with E-state index in [1.807, 2.05) is 0 Å². The van der Waals surface area contributed by atoms with E-state index in [-0.39, 0.29) is 0 Å². The number of hydrogen-bond donors (Lipinski definition) is 0. The summed E-state index contributed by atoms with van der Waals surface area (Å²) in [5, 5.41) is 0. The van der Waals surface area contributed by atoms with Crippen LogP contribution in [0.1, 0.15) is 24.0 Å². The molecule has 1 aromatic rings. The first-order chi connectivity index (χ1) is 8.48. The highest BCUT2D eigenvalue weighted by Crippen LogP contribution is 2.36. The van der Waals surface area contributed by atoms with Gasteiger partial charge in [0.15, 0.2) is 0 Å². The molecule has 1 heterocycles. The van der Waals surface area contributed by atoms with Crippen molar-refractivity contribution < 1.29 is 22.7 Å². The smallest absolute Gasteiger partial charge is 0.381 e. The Balaban J connectivity index is 2.40. The van der Waals surface area contributed by atoms with Crippen LogP contribution in [0.15, 0.2) is 24.3 Å². The number of alkyl halides is 3. The van der Waals surface area contributed by atoms with Crippen molar-refractivity contribution in [1.29, 1.82) is 0 Å². The Kier molecular flexibility index (Phi) is 3.43. The van der Waals surface area contributed by atoms with E-state index in [1.54, 1.807) is 6.07 Å². The molecule has 1 saturated heterocycles. The third-order valence-corrected chi connectivity index (χ3v) is 3.38. The predicted octanol–water partition coefficient (Wildman–Crippen LogP) is 2.95. The molecule has 0 aliphatic carbocycles. The standard InChI is InChI=1S/C13H13F3O2/c14-13(15,16)11-3-1-2-10(8-11)12(9-17)4-6-18-7-5-12/h1-3,8-9H,4-7H2. The second-order valence-corrected chi connectivity index (χ2v) is 4.46. The van der Waals surface area contributed by atoms with Crippen LogP contribution in [0.2, 0.25) is 0 Å². The number of carbonyl (C=O) groups excluding carboxylic acids is 1. The third kappa shape index (κ3) is 2.41. The molecule has 0 N–H and O–H groups in total. The first kappa shape index (κ1) is 13.1. The molecule has 1 fully saturated rings. The van der Waals surface area contributed by atoms with Gasteiger partial charge in [-0.05, 0) is 24.5 Å². The average Bonchev–Trinajstić information content (AvgIpc) is 2.39. The quantitative estimate of drug-likeness (QED) is 0.762. The molecular formula is C13H13F3O2. The summed E-state index contributed by atoms with van der Waals surface area (Å²) in [6.45, 7) is 0.796. The Hall–Kier alpha value is -1.36. The Morgan fingerprint density at radius 1 is 1.22 bits per heavy atom. The summed E-state index contributed by atoms with van der Waals surface area (Å²) in [5.41, 5.74) is -1.12. The van der Waals surface area contributed by atoms with Crippen molar-refractivity contribution in [2.45, 2.75) is 24.4 Å². The van der Waals surface area contributed by atoms with Gasteiger partial charge in [0.2, 0.25) is 0 Å². The number of halogens is 3. The van der Waals surface area contributed by atoms with Gasteiger partial charge in [-0.15, -0.1) is 0 Å². The minimum atomic E-state index is -4.38. The Morgan fingerprint density at radius 2 is 1.89 bits per heavy atom. The zero-order valence-electron chi connectivity index (χ0n) is 9.67. The monoisotopic (exact) mass is 258 g/mol. The van der Waals surface area contributed by atoms with Crippen LogP contribution in [0.5, 0.6) is 0 Å². The number of ether oxygens (including phenoxy) is 1. The highest BCUT2D eigenvalue weighted by Gasteiger charge is 2.37. The summed E-state index contributed by atoms with van der Waals surface area (Å²) in [6, 6.07) is 5.01. The van der Waals surface area contributed by atoms with Gasteiger partial charge in [0, 0.05) is 13.2 Å². The van der Waals surface area contributed by atoms with Crippen LogP contribution in [0, 0.1) is 0 Å². The van der Waals surface area contributed by atoms with Crippen LogP contribution >= 0.6 is 0 Å². The van der Waals surface area contributed by atoms with Crippen molar-refractivity contribution in [3.63, 3.8) is 0 Å². The van der Waals surface area contributed by atoms with E-state index in [4.69, 9.17) is 4.74 Å². The SMILES string of the molecule is O=CC1(c2cccc(C(F)(F)F)c2)CCOCC1. The van der Waals surface area contributed by atoms with Crippen molar-refractivity contribution >= 4 is 6.29 Å². The molecule has 1 aliphatic rings. The molecule has 2 nitrogen and oxygen atoms in total. The molecule has 0 radical (unpaired) electrons. The largest absolute Gasteiger partial charge is 0.416 e. The molecule has 0 amide bonds. The molecular weight excluding hydrogens is 245 g/mol. The summed E-state index contributed by atoms with van der Waals surface area (Å²) in [7, 11) is 0. The van der Waals surface area contributed by atoms with Crippen molar-refractivity contribution in [3.8, 4) is 0 Å². The van der Waals surface area contributed by atoms with E-state index in [9.17, 15) is 18.0 Å². The molecule has 0 unspecified atom stereocenters. The Bertz CT molecular complexity index is 434. The fourth-order valence-electron chi connectivity index (χ4n) is 2.22. The van der Waals surface area contributed by atoms with Crippen LogP contribution in [-0.2, 0) is 21.1 Å². The second-order valence-electron chi connectivity index (χ2n) is 4.46. The number of hydrogen-bond acceptors (Lipinski definition) is 2. The van der Waals surface area contributed by atoms with E-state index in [2.05, 4.69) is 0 Å². The van der Waals surface area contributed by atoms with Crippen molar-refractivity contribution in [3.05, 3.63) is 35.4 Å². The first-order valence-electron chi connectivity index (χ1n) is 5.70. The maximum Gasteiger partial charge on any atom is 0.416 e. The Morgan fingerprint density at radius 3 is 2.44 bits per heavy atom. The Labute approximate surface area is 103 Å². The zero-order chi connectivity index (χ0) is 13.2. The molecule has 0 atom stereocenters. The van der Waals surface area contributed by atoms with E-state index >= 15 is 0 Å². The van der Waals surface area contributed by atoms with Crippen molar-refractivity contribution in [1.82, 2.24) is 0 Å². The fraction of sp³-hybridized carbons (Fsp3) is 0.462. The molecule has 5 heteroatoms. The number of carbonyl (C=O) groups is 1. The molecule has 0 bridgehead atoms. The number of benzene rings is 1. The molecule has 2 rings (SSSR count). The topological polar surface area (TPSA) is 26.3 Å². The van der Waals surface area contributed by atoms with Gasteiger partial charge in [0.05, 0.1) is 11.0 Å². The summed E-state index contributed by atoms with van der Waals surface area (Å²) in [5.74, 6) is 0. The summed E-state index contributed by atoms with van der Waals surface area (Å²) >= 11 is 0. The average molecular weight is 258 g/mol. The van der Waals surface area contributed by atoms with Gasteiger partial charge in [0.1, 0.15) is 6.29 Å². The van der Waals surface area contributed by atoms with Crippen LogP contribution < -0.4 is 0 Å². The van der Waals surface area contributed by atoms with Crippen LogP contribution in [0.4, 0.5) is 13.2 Å². The fourth-order valence-corrected chi connectivity index (χ4v) is 2.22. The van der Waals surface area contributed by atoms with Crippen LogP contribution in [-0.4, -0.2) is 19.5 Å². The zero-order valence-corrected chi connectivity index (χ0v) is 9.67. The van der Waals surface area contributed by atoms with E-state index in [0.717, 1.165) is 18.4 Å².